The lowest BCUT2D eigenvalue weighted by atomic mass is 9.99. The monoisotopic (exact) mass is 325 g/mol. The second kappa shape index (κ2) is 5.55. The third kappa shape index (κ3) is 2.68. The highest BCUT2D eigenvalue weighted by Gasteiger charge is 2.20. The van der Waals surface area contributed by atoms with Crippen LogP contribution < -0.4 is 5.32 Å². The van der Waals surface area contributed by atoms with Gasteiger partial charge < -0.3 is 9.88 Å². The zero-order chi connectivity index (χ0) is 12.4. The number of halogens is 1. The van der Waals surface area contributed by atoms with Crippen LogP contribution in [0.15, 0.2) is 28.3 Å². The van der Waals surface area contributed by atoms with Gasteiger partial charge in [-0.25, -0.2) is 4.98 Å². The van der Waals surface area contributed by atoms with Gasteiger partial charge in [-0.05, 0) is 34.8 Å². The van der Waals surface area contributed by atoms with E-state index in [9.17, 15) is 0 Å². The molecule has 3 heterocycles. The van der Waals surface area contributed by atoms with Crippen LogP contribution in [0.4, 0.5) is 0 Å². The standard InChI is InChI=1S/C13H16BrN3S/c14-11-6-12(18-9-11)8-15-7-10-2-1-4-17-5-3-16-13(10)17/h3,5-6,9-10,15H,1-2,4,7-8H2/t10-/m1/s1. The number of aromatic nitrogens is 2. The SMILES string of the molecule is Brc1csc(CNC[C@H]2CCCn3ccnc32)c1. The molecule has 1 N–H and O–H groups in total. The predicted octanol–water partition coefficient (Wildman–Crippen LogP) is 3.37. The van der Waals surface area contributed by atoms with Gasteiger partial charge >= 0.3 is 0 Å². The van der Waals surface area contributed by atoms with Crippen LogP contribution in [-0.4, -0.2) is 16.1 Å². The van der Waals surface area contributed by atoms with Gasteiger partial charge in [0.05, 0.1) is 0 Å². The molecule has 2 aromatic rings. The number of nitrogens with one attached hydrogen (secondary N) is 1. The molecule has 1 aliphatic heterocycles. The molecule has 0 saturated carbocycles. The van der Waals surface area contributed by atoms with Crippen molar-refractivity contribution in [2.24, 2.45) is 0 Å². The van der Waals surface area contributed by atoms with Crippen molar-refractivity contribution in [2.45, 2.75) is 31.8 Å². The van der Waals surface area contributed by atoms with Crippen molar-refractivity contribution in [3.63, 3.8) is 0 Å². The van der Waals surface area contributed by atoms with E-state index in [0.29, 0.717) is 5.92 Å². The van der Waals surface area contributed by atoms with Gasteiger partial charge in [-0.15, -0.1) is 11.3 Å². The smallest absolute Gasteiger partial charge is 0.113 e. The summed E-state index contributed by atoms with van der Waals surface area (Å²) in [7, 11) is 0. The van der Waals surface area contributed by atoms with Crippen molar-refractivity contribution in [1.29, 1.82) is 0 Å². The van der Waals surface area contributed by atoms with Gasteiger partial charge in [-0.2, -0.15) is 0 Å². The van der Waals surface area contributed by atoms with Crippen molar-refractivity contribution in [2.75, 3.05) is 6.54 Å². The molecule has 0 saturated heterocycles. The number of hydrogen-bond acceptors (Lipinski definition) is 3. The summed E-state index contributed by atoms with van der Waals surface area (Å²) in [5, 5.41) is 5.68. The van der Waals surface area contributed by atoms with Crippen molar-refractivity contribution in [3.05, 3.63) is 39.0 Å². The highest BCUT2D eigenvalue weighted by molar-refractivity contribution is 9.10. The van der Waals surface area contributed by atoms with Crippen LogP contribution in [0, 0.1) is 0 Å². The van der Waals surface area contributed by atoms with Crippen molar-refractivity contribution in [3.8, 4) is 0 Å². The average molecular weight is 326 g/mol. The quantitative estimate of drug-likeness (QED) is 0.933. The largest absolute Gasteiger partial charge is 0.335 e. The van der Waals surface area contributed by atoms with E-state index in [4.69, 9.17) is 0 Å². The fraction of sp³-hybridized carbons (Fsp3) is 0.462. The lowest BCUT2D eigenvalue weighted by molar-refractivity contribution is 0.423. The Kier molecular flexibility index (Phi) is 3.82. The van der Waals surface area contributed by atoms with Crippen LogP contribution >= 0.6 is 27.3 Å². The van der Waals surface area contributed by atoms with Crippen molar-refractivity contribution in [1.82, 2.24) is 14.9 Å². The molecule has 2 aromatic heterocycles. The Balaban J connectivity index is 1.55. The summed E-state index contributed by atoms with van der Waals surface area (Å²) in [6.45, 7) is 3.10. The third-order valence-electron chi connectivity index (χ3n) is 3.38. The van der Waals surface area contributed by atoms with Gasteiger partial charge in [0.1, 0.15) is 5.82 Å². The first kappa shape index (κ1) is 12.4. The summed E-state index contributed by atoms with van der Waals surface area (Å²) >= 11 is 5.28. The second-order valence-electron chi connectivity index (χ2n) is 4.68. The zero-order valence-corrected chi connectivity index (χ0v) is 12.5. The molecule has 0 radical (unpaired) electrons. The topological polar surface area (TPSA) is 29.9 Å². The van der Waals surface area contributed by atoms with Crippen LogP contribution in [0.25, 0.3) is 0 Å². The van der Waals surface area contributed by atoms with Crippen LogP contribution in [0.3, 0.4) is 0 Å². The average Bonchev–Trinajstić information content (AvgIpc) is 2.98. The summed E-state index contributed by atoms with van der Waals surface area (Å²) in [5.74, 6) is 1.82. The van der Waals surface area contributed by atoms with Crippen LogP contribution in [0.1, 0.15) is 29.5 Å². The molecule has 1 aliphatic rings. The number of fused-ring (bicyclic) bond motifs is 1. The first-order valence-electron chi connectivity index (χ1n) is 6.27. The molecule has 0 unspecified atom stereocenters. The highest BCUT2D eigenvalue weighted by atomic mass is 79.9. The maximum atomic E-state index is 4.49. The van der Waals surface area contributed by atoms with Gasteiger partial charge in [-0.1, -0.05) is 0 Å². The first-order valence-corrected chi connectivity index (χ1v) is 7.95. The number of imidazole rings is 1. The molecule has 5 heteroatoms. The summed E-state index contributed by atoms with van der Waals surface area (Å²) in [5.41, 5.74) is 0. The molecular formula is C13H16BrN3S. The summed E-state index contributed by atoms with van der Waals surface area (Å²) in [6.07, 6.45) is 6.53. The van der Waals surface area contributed by atoms with E-state index in [2.05, 4.69) is 48.4 Å². The van der Waals surface area contributed by atoms with Crippen molar-refractivity contribution >= 4 is 27.3 Å². The van der Waals surface area contributed by atoms with E-state index in [-0.39, 0.29) is 0 Å². The van der Waals surface area contributed by atoms with Gasteiger partial charge in [-0.3, -0.25) is 0 Å². The molecule has 3 nitrogen and oxygen atoms in total. The molecule has 18 heavy (non-hydrogen) atoms. The molecule has 96 valence electrons. The van der Waals surface area contributed by atoms with Crippen molar-refractivity contribution < 1.29 is 0 Å². The minimum atomic E-state index is 0.567. The minimum Gasteiger partial charge on any atom is -0.335 e. The number of aryl methyl sites for hydroxylation is 1. The molecule has 1 atom stereocenters. The van der Waals surface area contributed by atoms with E-state index in [1.165, 1.54) is 28.0 Å². The second-order valence-corrected chi connectivity index (χ2v) is 6.59. The zero-order valence-electron chi connectivity index (χ0n) is 10.1. The maximum Gasteiger partial charge on any atom is 0.113 e. The highest BCUT2D eigenvalue weighted by Crippen LogP contribution is 2.25. The molecule has 0 spiro atoms. The Labute approximate surface area is 119 Å². The Morgan fingerprint density at radius 2 is 2.50 bits per heavy atom. The Hall–Kier alpha value is -0.650. The first-order chi connectivity index (χ1) is 8.83. The molecule has 0 aromatic carbocycles. The lowest BCUT2D eigenvalue weighted by Gasteiger charge is -2.23. The van der Waals surface area contributed by atoms with E-state index in [1.54, 1.807) is 11.3 Å². The Morgan fingerprint density at radius 3 is 3.33 bits per heavy atom. The third-order valence-corrected chi connectivity index (χ3v) is 5.07. The fourth-order valence-electron chi connectivity index (χ4n) is 2.52. The van der Waals surface area contributed by atoms with Gasteiger partial charge in [0.2, 0.25) is 0 Å². The molecule has 0 bridgehead atoms. The minimum absolute atomic E-state index is 0.567. The molecule has 3 rings (SSSR count). The van der Waals surface area contributed by atoms with E-state index in [1.807, 2.05) is 6.20 Å². The Morgan fingerprint density at radius 1 is 1.56 bits per heavy atom. The molecule has 0 aliphatic carbocycles. The summed E-state index contributed by atoms with van der Waals surface area (Å²) in [6, 6.07) is 2.18. The van der Waals surface area contributed by atoms with Gasteiger partial charge in [0, 0.05) is 52.7 Å². The van der Waals surface area contributed by atoms with E-state index >= 15 is 0 Å². The molecule has 0 amide bonds. The van der Waals surface area contributed by atoms with Crippen LogP contribution in [0.2, 0.25) is 0 Å². The fourth-order valence-corrected chi connectivity index (χ4v) is 3.94. The lowest BCUT2D eigenvalue weighted by Crippen LogP contribution is -2.26. The number of hydrogen-bond donors (Lipinski definition) is 1. The number of rotatable bonds is 4. The summed E-state index contributed by atoms with van der Waals surface area (Å²) in [4.78, 5) is 5.86. The number of thiophene rings is 1. The maximum absolute atomic E-state index is 4.49. The van der Waals surface area contributed by atoms with Gasteiger partial charge in [0.15, 0.2) is 0 Å². The van der Waals surface area contributed by atoms with E-state index < -0.39 is 0 Å². The summed E-state index contributed by atoms with van der Waals surface area (Å²) < 4.78 is 3.47. The van der Waals surface area contributed by atoms with Crippen LogP contribution in [-0.2, 0) is 13.1 Å². The predicted molar refractivity (Wildman–Crippen MR) is 77.9 cm³/mol. The normalized spacial score (nSPS) is 18.8. The Bertz CT molecular complexity index is 520. The van der Waals surface area contributed by atoms with Gasteiger partial charge in [0.25, 0.3) is 0 Å². The molecule has 0 fully saturated rings. The number of nitrogens with zero attached hydrogens (tertiary/aromatic N) is 2. The van der Waals surface area contributed by atoms with Crippen LogP contribution in [0.5, 0.6) is 0 Å². The molecular weight excluding hydrogens is 310 g/mol. The van der Waals surface area contributed by atoms with E-state index in [0.717, 1.165) is 19.6 Å².